The van der Waals surface area contributed by atoms with Crippen LogP contribution in [0.25, 0.3) is 0 Å². The third kappa shape index (κ3) is 3.56. The van der Waals surface area contributed by atoms with Crippen molar-refractivity contribution >= 4 is 21.6 Å². The Morgan fingerprint density at radius 2 is 1.86 bits per heavy atom. The molecular formula is C12H17N3O5S. The van der Waals surface area contributed by atoms with Gasteiger partial charge in [0.15, 0.2) is 0 Å². The van der Waals surface area contributed by atoms with Gasteiger partial charge in [0, 0.05) is 32.8 Å². The van der Waals surface area contributed by atoms with Crippen LogP contribution in [-0.2, 0) is 14.8 Å². The number of sulfonamides is 1. The number of rotatable bonds is 5. The fraction of sp³-hybridized carbons (Fsp3) is 0.417. The monoisotopic (exact) mass is 315 g/mol. The molecule has 0 aliphatic heterocycles. The number of carbonyl (C=O) groups excluding carboxylic acids is 1. The number of nitro groups is 1. The lowest BCUT2D eigenvalue weighted by Crippen LogP contribution is -2.38. The Morgan fingerprint density at radius 1 is 1.29 bits per heavy atom. The first-order valence-corrected chi connectivity index (χ1v) is 7.43. The summed E-state index contributed by atoms with van der Waals surface area (Å²) in [6, 6.07) is 3.83. The predicted molar refractivity (Wildman–Crippen MR) is 76.3 cm³/mol. The maximum atomic E-state index is 12.4. The highest BCUT2D eigenvalue weighted by atomic mass is 32.2. The van der Waals surface area contributed by atoms with Crippen LogP contribution < -0.4 is 0 Å². The number of nitrogens with zero attached hydrogens (tertiary/aromatic N) is 3. The van der Waals surface area contributed by atoms with Gasteiger partial charge in [0.05, 0.1) is 16.4 Å². The summed E-state index contributed by atoms with van der Waals surface area (Å²) in [6.07, 6.45) is 0. The summed E-state index contributed by atoms with van der Waals surface area (Å²) in [4.78, 5) is 22.9. The summed E-state index contributed by atoms with van der Waals surface area (Å²) in [5, 5.41) is 10.9. The highest BCUT2D eigenvalue weighted by Gasteiger charge is 2.28. The molecule has 0 radical (unpaired) electrons. The molecule has 0 fully saturated rings. The molecule has 1 rings (SSSR count). The fourth-order valence-electron chi connectivity index (χ4n) is 1.66. The van der Waals surface area contributed by atoms with E-state index in [1.165, 1.54) is 51.2 Å². The largest absolute Gasteiger partial charge is 0.348 e. The molecule has 0 aromatic heterocycles. The highest BCUT2D eigenvalue weighted by Crippen LogP contribution is 2.26. The Hall–Kier alpha value is -2.00. The lowest BCUT2D eigenvalue weighted by atomic mass is 10.2. The maximum absolute atomic E-state index is 12.4. The van der Waals surface area contributed by atoms with Gasteiger partial charge in [0.2, 0.25) is 15.9 Å². The summed E-state index contributed by atoms with van der Waals surface area (Å²) in [7, 11) is 0.317. The van der Waals surface area contributed by atoms with Crippen molar-refractivity contribution in [2.75, 3.05) is 27.7 Å². The Balaban J connectivity index is 3.23. The number of hydrogen-bond donors (Lipinski definition) is 0. The zero-order chi connectivity index (χ0) is 16.4. The Bertz CT molecular complexity index is 669. The molecule has 0 unspecified atom stereocenters. The standard InChI is InChI=1S/C12H17N3O5S/c1-9-10(15(17)18)6-5-7-11(9)21(19,20)14(4)8-12(16)13(2)3/h5-7H,8H2,1-4H3. The van der Waals surface area contributed by atoms with E-state index in [4.69, 9.17) is 0 Å². The number of hydrogen-bond acceptors (Lipinski definition) is 5. The van der Waals surface area contributed by atoms with Crippen LogP contribution in [0.5, 0.6) is 0 Å². The number of carbonyl (C=O) groups is 1. The van der Waals surface area contributed by atoms with Gasteiger partial charge in [-0.25, -0.2) is 8.42 Å². The molecule has 116 valence electrons. The van der Waals surface area contributed by atoms with Crippen LogP contribution in [0, 0.1) is 17.0 Å². The lowest BCUT2D eigenvalue weighted by molar-refractivity contribution is -0.385. The summed E-state index contributed by atoms with van der Waals surface area (Å²) < 4.78 is 25.7. The molecule has 0 bridgehead atoms. The van der Waals surface area contributed by atoms with Crippen molar-refractivity contribution in [2.45, 2.75) is 11.8 Å². The van der Waals surface area contributed by atoms with E-state index in [-0.39, 0.29) is 28.6 Å². The average Bonchev–Trinajstić information content (AvgIpc) is 2.37. The maximum Gasteiger partial charge on any atom is 0.273 e. The van der Waals surface area contributed by atoms with E-state index >= 15 is 0 Å². The average molecular weight is 315 g/mol. The lowest BCUT2D eigenvalue weighted by Gasteiger charge is -2.20. The first kappa shape index (κ1) is 17.1. The third-order valence-electron chi connectivity index (χ3n) is 3.00. The first-order chi connectivity index (χ1) is 9.59. The summed E-state index contributed by atoms with van der Waals surface area (Å²) in [6.45, 7) is 1.03. The van der Waals surface area contributed by atoms with Crippen LogP contribution in [0.4, 0.5) is 5.69 Å². The van der Waals surface area contributed by atoms with E-state index in [0.717, 1.165) is 4.31 Å². The minimum Gasteiger partial charge on any atom is -0.348 e. The van der Waals surface area contributed by atoms with Gasteiger partial charge in [-0.3, -0.25) is 14.9 Å². The molecule has 1 aromatic carbocycles. The summed E-state index contributed by atoms with van der Waals surface area (Å²) in [5.74, 6) is -0.385. The summed E-state index contributed by atoms with van der Waals surface area (Å²) in [5.41, 5.74) is -0.227. The SMILES string of the molecule is Cc1c([N+](=O)[O-])cccc1S(=O)(=O)N(C)CC(=O)N(C)C. The van der Waals surface area contributed by atoms with E-state index < -0.39 is 14.9 Å². The van der Waals surface area contributed by atoms with Crippen molar-refractivity contribution in [3.63, 3.8) is 0 Å². The molecule has 1 aromatic rings. The Morgan fingerprint density at radius 3 is 2.33 bits per heavy atom. The van der Waals surface area contributed by atoms with Crippen molar-refractivity contribution < 1.29 is 18.1 Å². The second kappa shape index (κ2) is 6.19. The molecule has 0 N–H and O–H groups in total. The molecular weight excluding hydrogens is 298 g/mol. The van der Waals surface area contributed by atoms with Crippen molar-refractivity contribution in [3.05, 3.63) is 33.9 Å². The van der Waals surface area contributed by atoms with Crippen LogP contribution in [0.3, 0.4) is 0 Å². The van der Waals surface area contributed by atoms with E-state index in [1.807, 2.05) is 0 Å². The molecule has 9 heteroatoms. The van der Waals surface area contributed by atoms with Crippen molar-refractivity contribution in [3.8, 4) is 0 Å². The number of benzene rings is 1. The first-order valence-electron chi connectivity index (χ1n) is 5.99. The predicted octanol–water partition coefficient (Wildman–Crippen LogP) is 0.612. The zero-order valence-electron chi connectivity index (χ0n) is 12.2. The van der Waals surface area contributed by atoms with Crippen LogP contribution in [0.1, 0.15) is 5.56 Å². The quantitative estimate of drug-likeness (QED) is 0.585. The minimum atomic E-state index is -3.97. The van der Waals surface area contributed by atoms with Gasteiger partial charge in [-0.15, -0.1) is 0 Å². The third-order valence-corrected chi connectivity index (χ3v) is 4.94. The van der Waals surface area contributed by atoms with Gasteiger partial charge >= 0.3 is 0 Å². The van der Waals surface area contributed by atoms with Crippen LogP contribution >= 0.6 is 0 Å². The van der Waals surface area contributed by atoms with Crippen molar-refractivity contribution in [1.82, 2.24) is 9.21 Å². The molecule has 0 heterocycles. The van der Waals surface area contributed by atoms with Crippen LogP contribution in [0.2, 0.25) is 0 Å². The molecule has 8 nitrogen and oxygen atoms in total. The van der Waals surface area contributed by atoms with Gasteiger partial charge < -0.3 is 4.90 Å². The molecule has 0 aliphatic carbocycles. The van der Waals surface area contributed by atoms with E-state index in [0.29, 0.717) is 0 Å². The highest BCUT2D eigenvalue weighted by molar-refractivity contribution is 7.89. The van der Waals surface area contributed by atoms with Gasteiger partial charge in [-0.05, 0) is 13.0 Å². The molecule has 1 amide bonds. The normalized spacial score (nSPS) is 11.5. The molecule has 21 heavy (non-hydrogen) atoms. The van der Waals surface area contributed by atoms with Gasteiger partial charge in [-0.1, -0.05) is 6.07 Å². The molecule has 0 atom stereocenters. The second-order valence-corrected chi connectivity index (χ2v) is 6.72. The van der Waals surface area contributed by atoms with E-state index in [9.17, 15) is 23.3 Å². The van der Waals surface area contributed by atoms with Gasteiger partial charge in [-0.2, -0.15) is 4.31 Å². The topological polar surface area (TPSA) is 101 Å². The van der Waals surface area contributed by atoms with E-state index in [1.54, 1.807) is 0 Å². The smallest absolute Gasteiger partial charge is 0.273 e. The zero-order valence-corrected chi connectivity index (χ0v) is 13.0. The van der Waals surface area contributed by atoms with Gasteiger partial charge in [0.25, 0.3) is 5.69 Å². The van der Waals surface area contributed by atoms with Gasteiger partial charge in [0.1, 0.15) is 0 Å². The van der Waals surface area contributed by atoms with Crippen molar-refractivity contribution in [1.29, 1.82) is 0 Å². The van der Waals surface area contributed by atoms with Crippen LogP contribution in [-0.4, -0.2) is 56.1 Å². The molecule has 0 saturated heterocycles. The second-order valence-electron chi connectivity index (χ2n) is 4.71. The van der Waals surface area contributed by atoms with E-state index in [2.05, 4.69) is 0 Å². The Labute approximate surface area is 123 Å². The minimum absolute atomic E-state index is 0.0478. The molecule has 0 saturated carbocycles. The van der Waals surface area contributed by atoms with Crippen molar-refractivity contribution in [2.24, 2.45) is 0 Å². The number of amides is 1. The number of nitro benzene ring substituents is 1. The molecule has 0 spiro atoms. The molecule has 0 aliphatic rings. The Kier molecular flexibility index (Phi) is 5.02. The summed E-state index contributed by atoms with van der Waals surface area (Å²) >= 11 is 0. The number of likely N-dealkylation sites (N-methyl/N-ethyl adjacent to an activating group) is 2. The van der Waals surface area contributed by atoms with Crippen LogP contribution in [0.15, 0.2) is 23.1 Å². The fourth-order valence-corrected chi connectivity index (χ4v) is 3.02.